The number of halogens is 2. The molecule has 0 atom stereocenters. The second kappa shape index (κ2) is 5.15. The third-order valence-electron chi connectivity index (χ3n) is 2.54. The van der Waals surface area contributed by atoms with Crippen LogP contribution in [0.25, 0.3) is 10.9 Å². The highest BCUT2D eigenvalue weighted by molar-refractivity contribution is 9.10. The van der Waals surface area contributed by atoms with Gasteiger partial charge in [-0.2, -0.15) is 0 Å². The van der Waals surface area contributed by atoms with E-state index in [1.54, 1.807) is 6.20 Å². The summed E-state index contributed by atoms with van der Waals surface area (Å²) in [5, 5.41) is 1.30. The molecule has 4 heteroatoms. The average Bonchev–Trinajstić information content (AvgIpc) is 2.30. The Balaban J connectivity index is 2.60. The quantitative estimate of drug-likeness (QED) is 0.773. The van der Waals surface area contributed by atoms with Gasteiger partial charge in [0.05, 0.1) is 16.1 Å². The Morgan fingerprint density at radius 3 is 2.94 bits per heavy atom. The van der Waals surface area contributed by atoms with Gasteiger partial charge in [-0.05, 0) is 24.6 Å². The van der Waals surface area contributed by atoms with Crippen LogP contribution in [0.3, 0.4) is 0 Å². The van der Waals surface area contributed by atoms with Gasteiger partial charge in [0.1, 0.15) is 0 Å². The van der Waals surface area contributed by atoms with Crippen molar-refractivity contribution in [1.29, 1.82) is 0 Å². The van der Waals surface area contributed by atoms with E-state index >= 15 is 0 Å². The maximum absolute atomic E-state index is 11.9. The first-order valence-electron chi connectivity index (χ1n) is 5.40. The van der Waals surface area contributed by atoms with Gasteiger partial charge in [-0.15, -0.1) is 0 Å². The highest BCUT2D eigenvalue weighted by Gasteiger charge is 2.13. The highest BCUT2D eigenvalue weighted by Crippen LogP contribution is 2.28. The molecule has 0 bridgehead atoms. The minimum Gasteiger partial charge on any atom is -0.294 e. The molecule has 0 amide bonds. The zero-order valence-electron chi connectivity index (χ0n) is 9.34. The predicted molar refractivity (Wildman–Crippen MR) is 73.7 cm³/mol. The fourth-order valence-electron chi connectivity index (χ4n) is 1.69. The standard InChI is InChI=1S/C13H11BrClNO/c1-2-3-12(17)10-7-16-11-5-4-8(14)6-9(11)13(10)15/h4-7H,2-3H2,1H3. The van der Waals surface area contributed by atoms with Crippen LogP contribution in [0.5, 0.6) is 0 Å². The molecule has 1 aromatic heterocycles. The molecule has 2 aromatic rings. The van der Waals surface area contributed by atoms with E-state index in [1.165, 1.54) is 0 Å². The highest BCUT2D eigenvalue weighted by atomic mass is 79.9. The lowest BCUT2D eigenvalue weighted by Gasteiger charge is -2.06. The summed E-state index contributed by atoms with van der Waals surface area (Å²) < 4.78 is 0.925. The molecule has 17 heavy (non-hydrogen) atoms. The van der Waals surface area contributed by atoms with Crippen molar-refractivity contribution in [1.82, 2.24) is 4.98 Å². The molecule has 2 rings (SSSR count). The molecule has 0 radical (unpaired) electrons. The number of nitrogens with zero attached hydrogens (tertiary/aromatic N) is 1. The molecule has 0 aliphatic rings. The van der Waals surface area contributed by atoms with Crippen molar-refractivity contribution < 1.29 is 4.79 Å². The van der Waals surface area contributed by atoms with Crippen LogP contribution in [0.2, 0.25) is 5.02 Å². The van der Waals surface area contributed by atoms with Crippen molar-refractivity contribution in [2.24, 2.45) is 0 Å². The lowest BCUT2D eigenvalue weighted by atomic mass is 10.1. The van der Waals surface area contributed by atoms with Gasteiger partial charge in [-0.1, -0.05) is 34.5 Å². The number of Topliss-reactive ketones (excluding diaryl/α,β-unsaturated/α-hetero) is 1. The van der Waals surface area contributed by atoms with E-state index in [4.69, 9.17) is 11.6 Å². The molecule has 2 nitrogen and oxygen atoms in total. The van der Waals surface area contributed by atoms with Gasteiger partial charge in [-0.3, -0.25) is 9.78 Å². The van der Waals surface area contributed by atoms with E-state index in [-0.39, 0.29) is 5.78 Å². The number of fused-ring (bicyclic) bond motifs is 1. The Hall–Kier alpha value is -0.930. The topological polar surface area (TPSA) is 30.0 Å². The van der Waals surface area contributed by atoms with Gasteiger partial charge in [0.15, 0.2) is 5.78 Å². The maximum atomic E-state index is 11.9. The van der Waals surface area contributed by atoms with Crippen LogP contribution in [0.15, 0.2) is 28.9 Å². The van der Waals surface area contributed by atoms with E-state index in [9.17, 15) is 4.79 Å². The molecule has 1 heterocycles. The molecule has 0 spiro atoms. The van der Waals surface area contributed by atoms with Crippen LogP contribution in [-0.4, -0.2) is 10.8 Å². The Kier molecular flexibility index (Phi) is 3.79. The Morgan fingerprint density at radius 2 is 2.24 bits per heavy atom. The number of pyridine rings is 1. The second-order valence-corrected chi connectivity index (χ2v) is 5.11. The molecule has 0 unspecified atom stereocenters. The van der Waals surface area contributed by atoms with E-state index in [1.807, 2.05) is 25.1 Å². The third-order valence-corrected chi connectivity index (χ3v) is 3.44. The van der Waals surface area contributed by atoms with E-state index in [0.717, 1.165) is 21.8 Å². The van der Waals surface area contributed by atoms with Crippen LogP contribution < -0.4 is 0 Å². The van der Waals surface area contributed by atoms with Gasteiger partial charge in [0, 0.05) is 22.5 Å². The molecular weight excluding hydrogens is 302 g/mol. The molecular formula is C13H11BrClNO. The van der Waals surface area contributed by atoms with Crippen molar-refractivity contribution in [2.75, 3.05) is 0 Å². The summed E-state index contributed by atoms with van der Waals surface area (Å²) in [6.45, 7) is 1.97. The number of rotatable bonds is 3. The summed E-state index contributed by atoms with van der Waals surface area (Å²) in [5.74, 6) is 0.0480. The van der Waals surface area contributed by atoms with Crippen molar-refractivity contribution >= 4 is 44.2 Å². The number of aromatic nitrogens is 1. The second-order valence-electron chi connectivity index (χ2n) is 3.82. The third kappa shape index (κ3) is 2.50. The Bertz CT molecular complexity index is 583. The first-order valence-corrected chi connectivity index (χ1v) is 6.57. The Labute approximate surface area is 113 Å². The zero-order valence-corrected chi connectivity index (χ0v) is 11.7. The van der Waals surface area contributed by atoms with E-state index in [2.05, 4.69) is 20.9 Å². The fourth-order valence-corrected chi connectivity index (χ4v) is 2.36. The molecule has 0 N–H and O–H groups in total. The lowest BCUT2D eigenvalue weighted by molar-refractivity contribution is 0.0981. The summed E-state index contributed by atoms with van der Waals surface area (Å²) in [7, 11) is 0. The molecule has 1 aromatic carbocycles. The van der Waals surface area contributed by atoms with Gasteiger partial charge in [-0.25, -0.2) is 0 Å². The van der Waals surface area contributed by atoms with Crippen LogP contribution in [0.1, 0.15) is 30.1 Å². The van der Waals surface area contributed by atoms with Crippen LogP contribution in [0, 0.1) is 0 Å². The SMILES string of the molecule is CCCC(=O)c1cnc2ccc(Br)cc2c1Cl. The van der Waals surface area contributed by atoms with Crippen molar-refractivity contribution in [3.05, 3.63) is 39.5 Å². The minimum absolute atomic E-state index is 0.0480. The lowest BCUT2D eigenvalue weighted by Crippen LogP contribution is -2.00. The van der Waals surface area contributed by atoms with Crippen LogP contribution >= 0.6 is 27.5 Å². The molecule has 88 valence electrons. The largest absolute Gasteiger partial charge is 0.294 e. The molecule has 0 aliphatic carbocycles. The van der Waals surface area contributed by atoms with Crippen molar-refractivity contribution in [3.63, 3.8) is 0 Å². The normalized spacial score (nSPS) is 10.8. The van der Waals surface area contributed by atoms with Crippen LogP contribution in [-0.2, 0) is 0 Å². The molecule has 0 saturated carbocycles. The van der Waals surface area contributed by atoms with Crippen LogP contribution in [0.4, 0.5) is 0 Å². The van der Waals surface area contributed by atoms with Gasteiger partial charge in [0.2, 0.25) is 0 Å². The fraction of sp³-hybridized carbons (Fsp3) is 0.231. The summed E-state index contributed by atoms with van der Waals surface area (Å²) in [6.07, 6.45) is 2.88. The van der Waals surface area contributed by atoms with E-state index in [0.29, 0.717) is 17.0 Å². The number of hydrogen-bond acceptors (Lipinski definition) is 2. The molecule has 0 fully saturated rings. The summed E-state index contributed by atoms with van der Waals surface area (Å²) in [5.41, 5.74) is 1.31. The summed E-state index contributed by atoms with van der Waals surface area (Å²) >= 11 is 9.65. The molecule has 0 aliphatic heterocycles. The zero-order chi connectivity index (χ0) is 12.4. The predicted octanol–water partition coefficient (Wildman–Crippen LogP) is 4.63. The molecule has 0 saturated heterocycles. The van der Waals surface area contributed by atoms with Crippen molar-refractivity contribution in [2.45, 2.75) is 19.8 Å². The smallest absolute Gasteiger partial charge is 0.165 e. The first-order chi connectivity index (χ1) is 8.13. The van der Waals surface area contributed by atoms with Gasteiger partial charge >= 0.3 is 0 Å². The van der Waals surface area contributed by atoms with Crippen molar-refractivity contribution in [3.8, 4) is 0 Å². The Morgan fingerprint density at radius 1 is 1.47 bits per heavy atom. The number of carbonyl (C=O) groups excluding carboxylic acids is 1. The minimum atomic E-state index is 0.0480. The number of carbonyl (C=O) groups is 1. The number of hydrogen-bond donors (Lipinski definition) is 0. The monoisotopic (exact) mass is 311 g/mol. The number of ketones is 1. The maximum Gasteiger partial charge on any atom is 0.165 e. The summed E-state index contributed by atoms with van der Waals surface area (Å²) in [6, 6.07) is 5.66. The first kappa shape index (κ1) is 12.5. The average molecular weight is 313 g/mol. The van der Waals surface area contributed by atoms with Gasteiger partial charge < -0.3 is 0 Å². The summed E-state index contributed by atoms with van der Waals surface area (Å²) in [4.78, 5) is 16.1. The number of benzene rings is 1. The van der Waals surface area contributed by atoms with E-state index < -0.39 is 0 Å². The van der Waals surface area contributed by atoms with Gasteiger partial charge in [0.25, 0.3) is 0 Å².